The molecule has 1 atom stereocenters. The molecule has 4 N–H and O–H groups in total. The molecule has 0 bridgehead atoms. The average molecular weight is 520 g/mol. The molecule has 0 saturated heterocycles. The van der Waals surface area contributed by atoms with Gasteiger partial charge in [-0.2, -0.15) is 0 Å². The molecule has 12 heteroatoms. The molecule has 1 aromatic heterocycles. The van der Waals surface area contributed by atoms with Crippen LogP contribution in [0.15, 0.2) is 45.7 Å². The largest absolute Gasteiger partial charge is 0.465 e. The summed E-state index contributed by atoms with van der Waals surface area (Å²) in [6.07, 6.45) is -0.915. The Hall–Kier alpha value is -3.31. The van der Waals surface area contributed by atoms with Gasteiger partial charge in [0.2, 0.25) is 5.91 Å². The van der Waals surface area contributed by atoms with Crippen LogP contribution in [0.5, 0.6) is 0 Å². The van der Waals surface area contributed by atoms with Gasteiger partial charge in [-0.1, -0.05) is 28.8 Å². The van der Waals surface area contributed by atoms with Gasteiger partial charge in [0.05, 0.1) is 23.7 Å². The minimum Gasteiger partial charge on any atom is -0.465 e. The topological polar surface area (TPSA) is 135 Å². The van der Waals surface area contributed by atoms with Crippen LogP contribution < -0.4 is 16.0 Å². The summed E-state index contributed by atoms with van der Waals surface area (Å²) in [5, 5.41) is 19.6. The Morgan fingerprint density at radius 1 is 1.34 bits per heavy atom. The first-order valence-electron chi connectivity index (χ1n) is 10.6. The number of hydrogen-bond donors (Lipinski definition) is 3. The third-order valence-corrected chi connectivity index (χ3v) is 6.98. The second kappa shape index (κ2) is 9.74. The summed E-state index contributed by atoms with van der Waals surface area (Å²) in [7, 11) is 0. The van der Waals surface area contributed by atoms with Crippen LogP contribution in [0.4, 0.5) is 20.9 Å². The van der Waals surface area contributed by atoms with Crippen LogP contribution >= 0.6 is 23.4 Å². The number of aromatic nitrogens is 2. The van der Waals surface area contributed by atoms with Crippen LogP contribution in [0.1, 0.15) is 25.8 Å². The summed E-state index contributed by atoms with van der Waals surface area (Å²) < 4.78 is 20.3. The van der Waals surface area contributed by atoms with Crippen molar-refractivity contribution in [2.75, 3.05) is 16.4 Å². The van der Waals surface area contributed by atoms with Gasteiger partial charge in [0.25, 0.3) is 5.89 Å². The molecule has 2 aromatic carbocycles. The molecular formula is C23H23ClFN5O4S. The van der Waals surface area contributed by atoms with Gasteiger partial charge >= 0.3 is 12.1 Å². The number of anilines is 2. The number of thioether (sulfide) groups is 1. The molecule has 0 fully saturated rings. The van der Waals surface area contributed by atoms with Crippen molar-refractivity contribution in [3.63, 3.8) is 0 Å². The van der Waals surface area contributed by atoms with E-state index in [1.54, 1.807) is 43.0 Å². The lowest BCUT2D eigenvalue weighted by atomic mass is 9.90. The van der Waals surface area contributed by atoms with Crippen molar-refractivity contribution >= 4 is 47.1 Å². The molecule has 4 rings (SSSR count). The Labute approximate surface area is 209 Å². The van der Waals surface area contributed by atoms with E-state index in [9.17, 15) is 14.7 Å². The molecule has 2 heterocycles. The minimum absolute atomic E-state index is 0.0220. The van der Waals surface area contributed by atoms with Gasteiger partial charge < -0.3 is 25.5 Å². The van der Waals surface area contributed by atoms with Gasteiger partial charge in [-0.15, -0.1) is 16.9 Å². The molecule has 2 amide bonds. The second-order valence-corrected chi connectivity index (χ2v) is 10.3. The summed E-state index contributed by atoms with van der Waals surface area (Å²) in [4.78, 5) is 27.2. The smallest absolute Gasteiger partial charge is 0.405 e. The highest BCUT2D eigenvalue weighted by molar-refractivity contribution is 7.99. The van der Waals surface area contributed by atoms with E-state index in [1.807, 2.05) is 0 Å². The second-order valence-electron chi connectivity index (χ2n) is 8.82. The van der Waals surface area contributed by atoms with Crippen LogP contribution in [0.25, 0.3) is 11.5 Å². The molecule has 1 aliphatic rings. The molecule has 0 unspecified atom stereocenters. The summed E-state index contributed by atoms with van der Waals surface area (Å²) in [5.41, 5.74) is 5.98. The number of carboxylic acid groups (broad SMARTS) is 1. The molecule has 0 aliphatic carbocycles. The van der Waals surface area contributed by atoms with Crippen LogP contribution in [0.3, 0.4) is 0 Å². The molecule has 35 heavy (non-hydrogen) atoms. The van der Waals surface area contributed by atoms with Gasteiger partial charge in [-0.25, -0.2) is 9.18 Å². The Morgan fingerprint density at radius 2 is 2.06 bits per heavy atom. The zero-order valence-electron chi connectivity index (χ0n) is 18.9. The van der Waals surface area contributed by atoms with Crippen LogP contribution in [0.2, 0.25) is 5.02 Å². The average Bonchev–Trinajstić information content (AvgIpc) is 3.16. The van der Waals surface area contributed by atoms with Crippen molar-refractivity contribution in [3.05, 3.63) is 52.8 Å². The van der Waals surface area contributed by atoms with Crippen LogP contribution in [-0.2, 0) is 11.3 Å². The SMILES string of the molecule is CC(C)(C[C@H]1CSc2cc(F)c(-c3nnc(N)o3)cc2N(Cc2ccc(Cl)cc2)C1=O)NC(=O)O. The number of nitrogens with zero attached hydrogens (tertiary/aromatic N) is 3. The third-order valence-electron chi connectivity index (χ3n) is 5.52. The number of carbonyl (C=O) groups is 2. The van der Waals surface area contributed by atoms with Gasteiger partial charge in [0, 0.05) is 21.2 Å². The van der Waals surface area contributed by atoms with Crippen molar-refractivity contribution in [3.8, 4) is 11.5 Å². The monoisotopic (exact) mass is 519 g/mol. The molecule has 9 nitrogen and oxygen atoms in total. The minimum atomic E-state index is -1.17. The summed E-state index contributed by atoms with van der Waals surface area (Å²) in [6, 6.07) is 9.70. The van der Waals surface area contributed by atoms with Crippen LogP contribution in [0, 0.1) is 11.7 Å². The van der Waals surface area contributed by atoms with Gasteiger partial charge in [0.1, 0.15) is 5.82 Å². The molecule has 0 spiro atoms. The predicted molar refractivity (Wildman–Crippen MR) is 131 cm³/mol. The highest BCUT2D eigenvalue weighted by Crippen LogP contribution is 2.42. The first kappa shape index (κ1) is 24.8. The van der Waals surface area contributed by atoms with Crippen molar-refractivity contribution in [2.45, 2.75) is 37.2 Å². The number of rotatable bonds is 6. The third kappa shape index (κ3) is 5.68. The number of benzene rings is 2. The number of fused-ring (bicyclic) bond motifs is 1. The van der Waals surface area contributed by atoms with Gasteiger partial charge in [0.15, 0.2) is 0 Å². The highest BCUT2D eigenvalue weighted by atomic mass is 35.5. The van der Waals surface area contributed by atoms with E-state index >= 15 is 4.39 Å². The number of nitrogen functional groups attached to an aromatic ring is 1. The van der Waals surface area contributed by atoms with E-state index in [4.69, 9.17) is 21.8 Å². The molecule has 184 valence electrons. The van der Waals surface area contributed by atoms with E-state index < -0.39 is 23.4 Å². The number of halogens is 2. The normalized spacial score (nSPS) is 16.1. The Kier molecular flexibility index (Phi) is 6.91. The number of carbonyl (C=O) groups excluding carboxylic acids is 1. The number of hydrogen-bond acceptors (Lipinski definition) is 7. The molecule has 0 saturated carbocycles. The van der Waals surface area contributed by atoms with Gasteiger partial charge in [-0.05, 0) is 50.1 Å². The zero-order chi connectivity index (χ0) is 25.3. The fraction of sp³-hybridized carbons (Fsp3) is 0.304. The van der Waals surface area contributed by atoms with Crippen molar-refractivity contribution < 1.29 is 23.5 Å². The van der Waals surface area contributed by atoms with Crippen molar-refractivity contribution in [1.29, 1.82) is 0 Å². The van der Waals surface area contributed by atoms with E-state index in [0.717, 1.165) is 5.56 Å². The first-order valence-corrected chi connectivity index (χ1v) is 12.0. The maximum atomic E-state index is 15.0. The summed E-state index contributed by atoms with van der Waals surface area (Å²) >= 11 is 7.35. The van der Waals surface area contributed by atoms with Crippen LogP contribution in [-0.4, -0.2) is 38.6 Å². The number of nitrogens with two attached hydrogens (primary N) is 1. The molecule has 1 aliphatic heterocycles. The fourth-order valence-electron chi connectivity index (χ4n) is 4.02. The zero-order valence-corrected chi connectivity index (χ0v) is 20.5. The van der Waals surface area contributed by atoms with E-state index in [2.05, 4.69) is 15.5 Å². The quantitative estimate of drug-likeness (QED) is 0.422. The maximum absolute atomic E-state index is 15.0. The highest BCUT2D eigenvalue weighted by Gasteiger charge is 2.36. The standard InChI is InChI=1S/C23H23ClFN5O4S/c1-23(2,27-22(32)33)9-13-11-35-18-8-16(25)15(19-28-29-21(26)34-19)7-17(18)30(20(13)31)10-12-3-5-14(24)6-4-12/h3-8,13,27H,9-11H2,1-2H3,(H2,26,29)(H,32,33)/t13-/m0/s1. The van der Waals surface area contributed by atoms with E-state index in [0.29, 0.717) is 21.4 Å². The summed E-state index contributed by atoms with van der Waals surface area (Å²) in [5.74, 6) is -1.09. The van der Waals surface area contributed by atoms with Gasteiger partial charge in [-0.3, -0.25) is 4.79 Å². The van der Waals surface area contributed by atoms with Crippen molar-refractivity contribution in [1.82, 2.24) is 15.5 Å². The van der Waals surface area contributed by atoms with E-state index in [-0.39, 0.29) is 36.3 Å². The molecule has 0 radical (unpaired) electrons. The Morgan fingerprint density at radius 3 is 2.69 bits per heavy atom. The first-order chi connectivity index (χ1) is 16.5. The maximum Gasteiger partial charge on any atom is 0.405 e. The lowest BCUT2D eigenvalue weighted by Gasteiger charge is -2.31. The molecule has 3 aromatic rings. The lowest BCUT2D eigenvalue weighted by Crippen LogP contribution is -2.47. The number of nitrogens with one attached hydrogen (secondary N) is 1. The van der Waals surface area contributed by atoms with E-state index in [1.165, 1.54) is 23.9 Å². The van der Waals surface area contributed by atoms with Crippen molar-refractivity contribution in [2.24, 2.45) is 5.92 Å². The fourth-order valence-corrected chi connectivity index (χ4v) is 5.29. The predicted octanol–water partition coefficient (Wildman–Crippen LogP) is 4.80. The summed E-state index contributed by atoms with van der Waals surface area (Å²) in [6.45, 7) is 3.64. The lowest BCUT2D eigenvalue weighted by molar-refractivity contribution is -0.122. The molecular weight excluding hydrogens is 497 g/mol. The Balaban J connectivity index is 1.76. The number of amides is 2. The Bertz CT molecular complexity index is 1270.